The van der Waals surface area contributed by atoms with Crippen molar-refractivity contribution in [3.8, 4) is 0 Å². The van der Waals surface area contributed by atoms with Gasteiger partial charge in [0.1, 0.15) is 5.60 Å². The normalized spacial score (nSPS) is 14.7. The Bertz CT molecular complexity index is 470. The van der Waals surface area contributed by atoms with Crippen LogP contribution in [0.4, 0.5) is 0 Å². The van der Waals surface area contributed by atoms with Crippen molar-refractivity contribution in [3.63, 3.8) is 0 Å². The van der Waals surface area contributed by atoms with Crippen LogP contribution in [-0.4, -0.2) is 14.1 Å². The van der Waals surface area contributed by atoms with E-state index >= 15 is 0 Å². The van der Waals surface area contributed by atoms with Crippen LogP contribution < -0.4 is 0 Å². The minimum Gasteiger partial charge on any atom is -0.377 e. The van der Waals surface area contributed by atoms with Crippen molar-refractivity contribution in [2.45, 2.75) is 12.5 Å². The first-order chi connectivity index (χ1) is 7.66. The van der Waals surface area contributed by atoms with E-state index in [4.69, 9.17) is 0 Å². The molecule has 1 unspecified atom stereocenters. The molecule has 0 saturated heterocycles. The van der Waals surface area contributed by atoms with Gasteiger partial charge in [-0.3, -0.25) is 8.96 Å². The maximum atomic E-state index is 10.6. The molecule has 5 heteroatoms. The Kier molecular flexibility index (Phi) is 3.56. The standard InChI is InChI=1S/C11H11IN2OS/c1-11(15,9-5-2-3-7-13-9)10-6-4-8-14(10)16-12/h2-8,15H,1H3. The fraction of sp³-hybridized carbons (Fsp3) is 0.182. The zero-order valence-electron chi connectivity index (χ0n) is 8.67. The molecular formula is C11H11IN2OS. The number of rotatable bonds is 3. The molecule has 0 aromatic carbocycles. The van der Waals surface area contributed by atoms with Gasteiger partial charge in [-0.05, 0) is 31.2 Å². The summed E-state index contributed by atoms with van der Waals surface area (Å²) < 4.78 is 1.93. The van der Waals surface area contributed by atoms with Crippen molar-refractivity contribution in [2.24, 2.45) is 0 Å². The molecule has 2 rings (SSSR count). The highest BCUT2D eigenvalue weighted by Crippen LogP contribution is 2.31. The summed E-state index contributed by atoms with van der Waals surface area (Å²) in [6.07, 6.45) is 3.61. The number of pyridine rings is 1. The van der Waals surface area contributed by atoms with Crippen LogP contribution in [-0.2, 0) is 5.60 Å². The Hall–Kier alpha value is -0.530. The molecule has 0 aliphatic heterocycles. The Morgan fingerprint density at radius 1 is 1.38 bits per heavy atom. The van der Waals surface area contributed by atoms with Gasteiger partial charge >= 0.3 is 0 Å². The maximum Gasteiger partial charge on any atom is 0.144 e. The molecule has 0 saturated carbocycles. The molecule has 1 atom stereocenters. The highest BCUT2D eigenvalue weighted by Gasteiger charge is 2.29. The summed E-state index contributed by atoms with van der Waals surface area (Å²) in [7, 11) is 1.52. The lowest BCUT2D eigenvalue weighted by molar-refractivity contribution is 0.0923. The number of hydrogen-bond donors (Lipinski definition) is 1. The van der Waals surface area contributed by atoms with E-state index in [0.717, 1.165) is 5.69 Å². The van der Waals surface area contributed by atoms with E-state index in [1.54, 1.807) is 13.1 Å². The maximum absolute atomic E-state index is 10.6. The molecule has 0 spiro atoms. The van der Waals surface area contributed by atoms with Crippen LogP contribution in [0.1, 0.15) is 18.3 Å². The van der Waals surface area contributed by atoms with E-state index < -0.39 is 5.60 Å². The second-order valence-electron chi connectivity index (χ2n) is 3.58. The third-order valence-electron chi connectivity index (χ3n) is 2.45. The average molecular weight is 346 g/mol. The first-order valence-corrected chi connectivity index (χ1v) is 8.08. The highest BCUT2D eigenvalue weighted by molar-refractivity contribution is 14.2. The van der Waals surface area contributed by atoms with Gasteiger partial charge in [-0.1, -0.05) is 6.07 Å². The fourth-order valence-corrected chi connectivity index (χ4v) is 3.04. The van der Waals surface area contributed by atoms with E-state index in [-0.39, 0.29) is 0 Å². The molecule has 0 amide bonds. The monoisotopic (exact) mass is 346 g/mol. The molecule has 0 radical (unpaired) electrons. The SMILES string of the molecule is CC(O)(c1ccccn1)c1cccn1SI. The molecule has 0 aliphatic carbocycles. The van der Waals surface area contributed by atoms with Crippen molar-refractivity contribution in [2.75, 3.05) is 0 Å². The van der Waals surface area contributed by atoms with Gasteiger partial charge in [0.05, 0.1) is 11.4 Å². The van der Waals surface area contributed by atoms with Gasteiger partial charge in [0, 0.05) is 42.7 Å². The summed E-state index contributed by atoms with van der Waals surface area (Å²) in [5.41, 5.74) is 0.411. The summed E-state index contributed by atoms with van der Waals surface area (Å²) in [6.45, 7) is 1.76. The van der Waals surface area contributed by atoms with Crippen LogP contribution in [0.25, 0.3) is 0 Å². The van der Waals surface area contributed by atoms with Crippen molar-refractivity contribution in [3.05, 3.63) is 54.1 Å². The third-order valence-corrected chi connectivity index (χ3v) is 4.19. The van der Waals surface area contributed by atoms with Gasteiger partial charge in [0.25, 0.3) is 0 Å². The van der Waals surface area contributed by atoms with Crippen molar-refractivity contribution >= 4 is 30.3 Å². The first kappa shape index (κ1) is 11.9. The molecule has 0 fully saturated rings. The molecule has 2 heterocycles. The van der Waals surface area contributed by atoms with Crippen LogP contribution >= 0.6 is 30.3 Å². The zero-order valence-corrected chi connectivity index (χ0v) is 11.6. The van der Waals surface area contributed by atoms with E-state index in [1.807, 2.05) is 40.5 Å². The molecule has 3 nitrogen and oxygen atoms in total. The first-order valence-electron chi connectivity index (χ1n) is 4.77. The van der Waals surface area contributed by atoms with Gasteiger partial charge in [0.2, 0.25) is 0 Å². The minimum atomic E-state index is -1.07. The number of nitrogens with zero attached hydrogens (tertiary/aromatic N) is 2. The summed E-state index contributed by atoms with van der Waals surface area (Å²) >= 11 is 2.18. The van der Waals surface area contributed by atoms with Crippen LogP contribution in [0.15, 0.2) is 42.7 Å². The van der Waals surface area contributed by atoms with Gasteiger partial charge < -0.3 is 5.11 Å². The fourth-order valence-electron chi connectivity index (χ4n) is 1.59. The highest BCUT2D eigenvalue weighted by atomic mass is 127. The molecule has 2 aromatic rings. The number of hydrogen-bond acceptors (Lipinski definition) is 3. The van der Waals surface area contributed by atoms with Gasteiger partial charge in [-0.25, -0.2) is 0 Å². The largest absolute Gasteiger partial charge is 0.377 e. The van der Waals surface area contributed by atoms with Crippen LogP contribution in [0.5, 0.6) is 0 Å². The van der Waals surface area contributed by atoms with Gasteiger partial charge in [0.15, 0.2) is 0 Å². The van der Waals surface area contributed by atoms with E-state index in [2.05, 4.69) is 26.2 Å². The van der Waals surface area contributed by atoms with Gasteiger partial charge in [-0.2, -0.15) is 0 Å². The van der Waals surface area contributed by atoms with Crippen molar-refractivity contribution in [1.82, 2.24) is 8.96 Å². The second kappa shape index (κ2) is 4.77. The van der Waals surface area contributed by atoms with Crippen LogP contribution in [0.2, 0.25) is 0 Å². The Morgan fingerprint density at radius 2 is 2.19 bits per heavy atom. The Balaban J connectivity index is 2.47. The van der Waals surface area contributed by atoms with Crippen molar-refractivity contribution < 1.29 is 5.11 Å². The number of aliphatic hydroxyl groups is 1. The molecule has 16 heavy (non-hydrogen) atoms. The molecule has 2 aromatic heterocycles. The third kappa shape index (κ3) is 2.11. The lowest BCUT2D eigenvalue weighted by Gasteiger charge is -2.23. The number of aromatic nitrogens is 2. The lowest BCUT2D eigenvalue weighted by Crippen LogP contribution is -2.26. The smallest absolute Gasteiger partial charge is 0.144 e. The summed E-state index contributed by atoms with van der Waals surface area (Å²) in [4.78, 5) is 4.21. The predicted octanol–water partition coefficient (Wildman–Crippen LogP) is 2.99. The summed E-state index contributed by atoms with van der Waals surface area (Å²) in [5.74, 6) is 0. The number of halogens is 1. The summed E-state index contributed by atoms with van der Waals surface area (Å²) in [6, 6.07) is 9.36. The quantitative estimate of drug-likeness (QED) is 0.869. The van der Waals surface area contributed by atoms with E-state index in [1.165, 1.54) is 9.12 Å². The molecule has 0 bridgehead atoms. The van der Waals surface area contributed by atoms with Crippen LogP contribution in [0.3, 0.4) is 0 Å². The molecule has 0 aliphatic rings. The average Bonchev–Trinajstić information content (AvgIpc) is 2.79. The van der Waals surface area contributed by atoms with Crippen LogP contribution in [0, 0.1) is 0 Å². The minimum absolute atomic E-state index is 0.653. The topological polar surface area (TPSA) is 38.1 Å². The summed E-state index contributed by atoms with van der Waals surface area (Å²) in [5, 5.41) is 10.6. The zero-order chi connectivity index (χ0) is 11.6. The molecule has 1 N–H and O–H groups in total. The molecular weight excluding hydrogens is 335 g/mol. The predicted molar refractivity (Wildman–Crippen MR) is 74.4 cm³/mol. The van der Waals surface area contributed by atoms with Gasteiger partial charge in [-0.15, -0.1) is 0 Å². The Morgan fingerprint density at radius 3 is 2.81 bits per heavy atom. The van der Waals surface area contributed by atoms with Crippen molar-refractivity contribution in [1.29, 1.82) is 0 Å². The van der Waals surface area contributed by atoms with E-state index in [9.17, 15) is 5.11 Å². The second-order valence-corrected chi connectivity index (χ2v) is 5.29. The van der Waals surface area contributed by atoms with E-state index in [0.29, 0.717) is 5.69 Å². The Labute approximate surface area is 111 Å². The molecule has 84 valence electrons. The lowest BCUT2D eigenvalue weighted by atomic mass is 9.98.